The van der Waals surface area contributed by atoms with Crippen molar-refractivity contribution in [1.29, 1.82) is 0 Å². The van der Waals surface area contributed by atoms with Gasteiger partial charge in [-0.3, -0.25) is 0 Å². The zero-order valence-electron chi connectivity index (χ0n) is 13.6. The van der Waals surface area contributed by atoms with E-state index in [1.807, 2.05) is 12.3 Å². The number of rotatable bonds is 2. The number of nitrogens with zero attached hydrogens (tertiary/aromatic N) is 3. The number of nitrogens with one attached hydrogen (secondary N) is 1. The van der Waals surface area contributed by atoms with Crippen LogP contribution in [0.5, 0.6) is 0 Å². The summed E-state index contributed by atoms with van der Waals surface area (Å²) in [6.07, 6.45) is 7.15. The van der Waals surface area contributed by atoms with Crippen molar-refractivity contribution in [1.82, 2.24) is 15.3 Å². The van der Waals surface area contributed by atoms with E-state index in [9.17, 15) is 0 Å². The van der Waals surface area contributed by atoms with Crippen LogP contribution in [0.1, 0.15) is 52.1 Å². The minimum atomic E-state index is 0.0871. The predicted molar refractivity (Wildman–Crippen MR) is 86.7 cm³/mol. The average Bonchev–Trinajstić information content (AvgIpc) is 3.01. The molecule has 0 bridgehead atoms. The van der Waals surface area contributed by atoms with Gasteiger partial charge in [-0.05, 0) is 44.2 Å². The van der Waals surface area contributed by atoms with Crippen LogP contribution in [0.15, 0.2) is 12.3 Å². The van der Waals surface area contributed by atoms with E-state index in [-0.39, 0.29) is 5.41 Å². The number of piperidine rings is 1. The van der Waals surface area contributed by atoms with Crippen molar-refractivity contribution in [3.63, 3.8) is 0 Å². The van der Waals surface area contributed by atoms with E-state index in [2.05, 4.69) is 36.0 Å². The van der Waals surface area contributed by atoms with Crippen LogP contribution in [0.2, 0.25) is 0 Å². The Balaban J connectivity index is 1.64. The van der Waals surface area contributed by atoms with Gasteiger partial charge in [0.25, 0.3) is 0 Å². The third-order valence-corrected chi connectivity index (χ3v) is 4.90. The topological polar surface area (TPSA) is 41.1 Å². The van der Waals surface area contributed by atoms with Gasteiger partial charge < -0.3 is 10.2 Å². The molecule has 0 saturated carbocycles. The molecule has 0 amide bonds. The van der Waals surface area contributed by atoms with Crippen molar-refractivity contribution in [3.05, 3.63) is 18.0 Å². The van der Waals surface area contributed by atoms with E-state index in [4.69, 9.17) is 4.98 Å². The molecule has 2 aliphatic rings. The number of hydrogen-bond acceptors (Lipinski definition) is 4. The van der Waals surface area contributed by atoms with Gasteiger partial charge in [-0.2, -0.15) is 0 Å². The van der Waals surface area contributed by atoms with Crippen LogP contribution in [0.4, 0.5) is 5.95 Å². The minimum Gasteiger partial charge on any atom is -0.341 e. The first-order valence-electron chi connectivity index (χ1n) is 8.36. The van der Waals surface area contributed by atoms with Gasteiger partial charge in [-0.25, -0.2) is 9.97 Å². The Morgan fingerprint density at radius 3 is 2.57 bits per heavy atom. The van der Waals surface area contributed by atoms with Gasteiger partial charge in [0.1, 0.15) is 0 Å². The Morgan fingerprint density at radius 1 is 1.19 bits per heavy atom. The van der Waals surface area contributed by atoms with Crippen LogP contribution in [0, 0.1) is 5.92 Å². The van der Waals surface area contributed by atoms with E-state index >= 15 is 0 Å². The lowest BCUT2D eigenvalue weighted by Gasteiger charge is -2.35. The maximum absolute atomic E-state index is 4.79. The maximum atomic E-state index is 4.79. The molecule has 0 spiro atoms. The molecule has 21 heavy (non-hydrogen) atoms. The first-order chi connectivity index (χ1) is 10.0. The van der Waals surface area contributed by atoms with Gasteiger partial charge in [0, 0.05) is 30.7 Å². The first-order valence-corrected chi connectivity index (χ1v) is 8.36. The molecule has 3 heterocycles. The summed E-state index contributed by atoms with van der Waals surface area (Å²) in [7, 11) is 0. The molecule has 2 fully saturated rings. The van der Waals surface area contributed by atoms with Gasteiger partial charge >= 0.3 is 0 Å². The molecule has 4 nitrogen and oxygen atoms in total. The quantitative estimate of drug-likeness (QED) is 0.908. The van der Waals surface area contributed by atoms with Crippen LogP contribution in [0.3, 0.4) is 0 Å². The van der Waals surface area contributed by atoms with Gasteiger partial charge in [0.05, 0.1) is 5.69 Å². The number of anilines is 1. The lowest BCUT2D eigenvalue weighted by atomic mass is 9.88. The Hall–Kier alpha value is -1.16. The summed E-state index contributed by atoms with van der Waals surface area (Å²) in [5.74, 6) is 1.76. The summed E-state index contributed by atoms with van der Waals surface area (Å²) in [5, 5.41) is 3.66. The van der Waals surface area contributed by atoms with Crippen LogP contribution in [0.25, 0.3) is 0 Å². The molecule has 0 aliphatic carbocycles. The van der Waals surface area contributed by atoms with Crippen molar-refractivity contribution in [2.24, 2.45) is 5.92 Å². The molecule has 1 aromatic rings. The molecule has 1 N–H and O–H groups in total. The molecule has 116 valence electrons. The van der Waals surface area contributed by atoms with Crippen LogP contribution < -0.4 is 10.2 Å². The normalized spacial score (nSPS) is 24.5. The second-order valence-electron chi connectivity index (χ2n) is 7.52. The van der Waals surface area contributed by atoms with E-state index in [1.165, 1.54) is 32.2 Å². The molecular weight excluding hydrogens is 260 g/mol. The van der Waals surface area contributed by atoms with Gasteiger partial charge in [0.15, 0.2) is 0 Å². The summed E-state index contributed by atoms with van der Waals surface area (Å²) in [4.78, 5) is 11.6. The molecule has 1 aromatic heterocycles. The first kappa shape index (κ1) is 14.8. The smallest absolute Gasteiger partial charge is 0.225 e. The van der Waals surface area contributed by atoms with Gasteiger partial charge in [-0.1, -0.05) is 20.8 Å². The SMILES string of the molecule is CC(C)(C)c1ccnc(N2CCC(C3CCCN3)CC2)n1. The molecule has 1 unspecified atom stereocenters. The predicted octanol–water partition coefficient (Wildman–Crippen LogP) is 2.74. The average molecular weight is 288 g/mol. The van der Waals surface area contributed by atoms with Crippen molar-refractivity contribution < 1.29 is 0 Å². The molecule has 4 heteroatoms. The van der Waals surface area contributed by atoms with Crippen LogP contribution in [-0.4, -0.2) is 35.6 Å². The molecule has 0 radical (unpaired) electrons. The Bertz CT molecular complexity index is 466. The summed E-state index contributed by atoms with van der Waals surface area (Å²) in [5.41, 5.74) is 1.22. The molecule has 2 saturated heterocycles. The highest BCUT2D eigenvalue weighted by atomic mass is 15.3. The number of aromatic nitrogens is 2. The van der Waals surface area contributed by atoms with E-state index < -0.39 is 0 Å². The van der Waals surface area contributed by atoms with Crippen LogP contribution >= 0.6 is 0 Å². The number of hydrogen-bond donors (Lipinski definition) is 1. The highest BCUT2D eigenvalue weighted by Gasteiger charge is 2.29. The lowest BCUT2D eigenvalue weighted by Crippen LogP contribution is -2.41. The molecular formula is C17H28N4. The third kappa shape index (κ3) is 3.37. The second kappa shape index (κ2) is 5.91. The summed E-state index contributed by atoms with van der Waals surface area (Å²) < 4.78 is 0. The van der Waals surface area contributed by atoms with Crippen molar-refractivity contribution in [2.45, 2.75) is 57.9 Å². The fraction of sp³-hybridized carbons (Fsp3) is 0.765. The Morgan fingerprint density at radius 2 is 1.95 bits per heavy atom. The fourth-order valence-corrected chi connectivity index (χ4v) is 3.53. The van der Waals surface area contributed by atoms with E-state index in [0.717, 1.165) is 36.7 Å². The van der Waals surface area contributed by atoms with Crippen LogP contribution in [-0.2, 0) is 5.41 Å². The zero-order valence-corrected chi connectivity index (χ0v) is 13.6. The monoisotopic (exact) mass is 288 g/mol. The highest BCUT2D eigenvalue weighted by Crippen LogP contribution is 2.28. The van der Waals surface area contributed by atoms with E-state index in [1.54, 1.807) is 0 Å². The van der Waals surface area contributed by atoms with Gasteiger partial charge in [-0.15, -0.1) is 0 Å². The standard InChI is InChI=1S/C17H28N4/c1-17(2,3)15-6-10-19-16(20-15)21-11-7-13(8-12-21)14-5-4-9-18-14/h6,10,13-14,18H,4-5,7-9,11-12H2,1-3H3. The summed E-state index contributed by atoms with van der Waals surface area (Å²) in [6, 6.07) is 2.80. The fourth-order valence-electron chi connectivity index (χ4n) is 3.53. The summed E-state index contributed by atoms with van der Waals surface area (Å²) in [6.45, 7) is 10.0. The Kier molecular flexibility index (Phi) is 4.16. The van der Waals surface area contributed by atoms with Crippen molar-refractivity contribution >= 4 is 5.95 Å². The molecule has 0 aromatic carbocycles. The lowest BCUT2D eigenvalue weighted by molar-refractivity contribution is 0.317. The minimum absolute atomic E-state index is 0.0871. The molecule has 1 atom stereocenters. The van der Waals surface area contributed by atoms with Gasteiger partial charge in [0.2, 0.25) is 5.95 Å². The van der Waals surface area contributed by atoms with Crippen molar-refractivity contribution in [2.75, 3.05) is 24.5 Å². The van der Waals surface area contributed by atoms with Crippen molar-refractivity contribution in [3.8, 4) is 0 Å². The van der Waals surface area contributed by atoms with E-state index in [0.29, 0.717) is 0 Å². The second-order valence-corrected chi connectivity index (χ2v) is 7.52. The third-order valence-electron chi connectivity index (χ3n) is 4.90. The largest absolute Gasteiger partial charge is 0.341 e. The summed E-state index contributed by atoms with van der Waals surface area (Å²) >= 11 is 0. The maximum Gasteiger partial charge on any atom is 0.225 e. The molecule has 2 aliphatic heterocycles. The highest BCUT2D eigenvalue weighted by molar-refractivity contribution is 5.32. The molecule has 3 rings (SSSR count). The Labute approximate surface area is 128 Å². The zero-order chi connectivity index (χ0) is 14.9.